The van der Waals surface area contributed by atoms with E-state index in [0.717, 1.165) is 66.9 Å². The van der Waals surface area contributed by atoms with Crippen LogP contribution in [0.25, 0.3) is 72.4 Å². The Bertz CT molecular complexity index is 2210. The Hall–Kier alpha value is -5.48. The van der Waals surface area contributed by atoms with Crippen molar-refractivity contribution >= 4 is 33.1 Å². The first-order valence-electron chi connectivity index (χ1n) is 13.8. The first-order valence-corrected chi connectivity index (χ1v) is 13.8. The Morgan fingerprint density at radius 2 is 1.39 bits per heavy atom. The highest BCUT2D eigenvalue weighted by Gasteiger charge is 2.22. The molecule has 0 bridgehead atoms. The normalized spacial score (nSPS) is 11.5. The lowest BCUT2D eigenvalue weighted by Crippen LogP contribution is -2.01. The van der Waals surface area contributed by atoms with Gasteiger partial charge in [0.15, 0.2) is 5.58 Å². The summed E-state index contributed by atoms with van der Waals surface area (Å²) in [7, 11) is 0. The van der Waals surface area contributed by atoms with Gasteiger partial charge in [0.25, 0.3) is 0 Å². The molecule has 0 amide bonds. The zero-order chi connectivity index (χ0) is 27.3. The molecule has 0 N–H and O–H groups in total. The average molecular weight is 528 g/mol. The van der Waals surface area contributed by atoms with Gasteiger partial charge in [0.2, 0.25) is 0 Å². The Kier molecular flexibility index (Phi) is 5.32. The van der Waals surface area contributed by atoms with E-state index in [4.69, 9.17) is 14.4 Å². The van der Waals surface area contributed by atoms with Gasteiger partial charge < -0.3 is 4.42 Å². The van der Waals surface area contributed by atoms with Crippen LogP contribution in [0.1, 0.15) is 5.56 Å². The van der Waals surface area contributed by atoms with E-state index >= 15 is 0 Å². The lowest BCUT2D eigenvalue weighted by atomic mass is 9.97. The summed E-state index contributed by atoms with van der Waals surface area (Å²) in [6.45, 7) is 2.03. The number of benzene rings is 5. The zero-order valence-corrected chi connectivity index (χ0v) is 22.5. The molecule has 0 unspecified atom stereocenters. The topological polar surface area (TPSA) is 43.9 Å². The summed E-state index contributed by atoms with van der Waals surface area (Å²) in [5.41, 5.74) is 12.1. The Labute approximate surface area is 237 Å². The molecule has 3 aromatic heterocycles. The van der Waals surface area contributed by atoms with Crippen molar-refractivity contribution in [3.63, 3.8) is 0 Å². The van der Waals surface area contributed by atoms with Gasteiger partial charge in [-0.25, -0.2) is 4.98 Å². The number of para-hydroxylation sites is 3. The molecule has 0 atom stereocenters. The van der Waals surface area contributed by atoms with Crippen molar-refractivity contribution in [2.24, 2.45) is 0 Å². The third-order valence-corrected chi connectivity index (χ3v) is 7.70. The van der Waals surface area contributed by atoms with Gasteiger partial charge in [-0.1, -0.05) is 84.9 Å². The first-order chi connectivity index (χ1) is 20.2. The third-order valence-electron chi connectivity index (χ3n) is 7.70. The molecule has 8 aromatic rings. The number of furan rings is 1. The van der Waals surface area contributed by atoms with E-state index in [1.165, 1.54) is 11.1 Å². The lowest BCUT2D eigenvalue weighted by molar-refractivity contribution is 0.668. The maximum atomic E-state index is 6.48. The van der Waals surface area contributed by atoms with Gasteiger partial charge in [-0.2, -0.15) is 0 Å². The van der Waals surface area contributed by atoms with E-state index in [1.54, 1.807) is 0 Å². The van der Waals surface area contributed by atoms with Crippen molar-refractivity contribution in [1.29, 1.82) is 0 Å². The number of hydrogen-bond donors (Lipinski definition) is 0. The molecule has 4 nitrogen and oxygen atoms in total. The molecule has 0 saturated heterocycles. The smallest absolute Gasteiger partial charge is 0.154 e. The van der Waals surface area contributed by atoms with Crippen LogP contribution in [0.4, 0.5) is 0 Å². The number of nitrogens with zero attached hydrogens (tertiary/aromatic N) is 3. The van der Waals surface area contributed by atoms with Crippen LogP contribution in [0.2, 0.25) is 0 Å². The number of fused-ring (bicyclic) bond motifs is 4. The van der Waals surface area contributed by atoms with Crippen LogP contribution < -0.4 is 0 Å². The molecular weight excluding hydrogens is 502 g/mol. The summed E-state index contributed by atoms with van der Waals surface area (Å²) in [6, 6.07) is 44.4. The molecule has 3 heterocycles. The van der Waals surface area contributed by atoms with Crippen molar-refractivity contribution in [3.8, 4) is 39.3 Å². The molecule has 8 rings (SSSR count). The monoisotopic (exact) mass is 527 g/mol. The van der Waals surface area contributed by atoms with E-state index < -0.39 is 0 Å². The zero-order valence-electron chi connectivity index (χ0n) is 22.5. The van der Waals surface area contributed by atoms with Gasteiger partial charge >= 0.3 is 0 Å². The molecule has 41 heavy (non-hydrogen) atoms. The van der Waals surface area contributed by atoms with E-state index in [2.05, 4.69) is 120 Å². The Balaban J connectivity index is 1.44. The molecule has 0 aliphatic heterocycles. The summed E-state index contributed by atoms with van der Waals surface area (Å²) in [6.07, 6.45) is 1.89. The molecule has 5 aromatic carbocycles. The summed E-state index contributed by atoms with van der Waals surface area (Å²) in [4.78, 5) is 9.89. The molecule has 0 fully saturated rings. The van der Waals surface area contributed by atoms with Gasteiger partial charge in [0, 0.05) is 17.1 Å². The van der Waals surface area contributed by atoms with Gasteiger partial charge in [0.05, 0.1) is 22.3 Å². The first kappa shape index (κ1) is 23.4. The molecule has 4 heteroatoms. The highest BCUT2D eigenvalue weighted by Crippen LogP contribution is 2.40. The van der Waals surface area contributed by atoms with Crippen LogP contribution >= 0.6 is 0 Å². The second-order valence-corrected chi connectivity index (χ2v) is 10.4. The molecule has 0 saturated carbocycles. The quantitative estimate of drug-likeness (QED) is 0.229. The van der Waals surface area contributed by atoms with E-state index in [1.807, 2.05) is 25.3 Å². The predicted molar refractivity (Wildman–Crippen MR) is 167 cm³/mol. The molecule has 194 valence electrons. The predicted octanol–water partition coefficient (Wildman–Crippen LogP) is 9.63. The van der Waals surface area contributed by atoms with Crippen LogP contribution in [-0.2, 0) is 0 Å². The molecule has 0 aliphatic rings. The third kappa shape index (κ3) is 3.84. The van der Waals surface area contributed by atoms with E-state index in [0.29, 0.717) is 0 Å². The largest absolute Gasteiger partial charge is 0.454 e. The van der Waals surface area contributed by atoms with E-state index in [-0.39, 0.29) is 0 Å². The second-order valence-electron chi connectivity index (χ2n) is 10.4. The summed E-state index contributed by atoms with van der Waals surface area (Å²) in [5, 5.41) is 0.985. The van der Waals surface area contributed by atoms with Crippen molar-refractivity contribution in [2.75, 3.05) is 0 Å². The Morgan fingerprint density at radius 1 is 0.634 bits per heavy atom. The van der Waals surface area contributed by atoms with E-state index in [9.17, 15) is 0 Å². The number of aryl methyl sites for hydroxylation is 1. The summed E-state index contributed by atoms with van der Waals surface area (Å²) in [5.74, 6) is 0.831. The maximum Gasteiger partial charge on any atom is 0.154 e. The van der Waals surface area contributed by atoms with Gasteiger partial charge in [-0.3, -0.25) is 9.55 Å². The highest BCUT2D eigenvalue weighted by atomic mass is 16.3. The van der Waals surface area contributed by atoms with Gasteiger partial charge in [-0.15, -0.1) is 0 Å². The summed E-state index contributed by atoms with van der Waals surface area (Å²) < 4.78 is 8.75. The van der Waals surface area contributed by atoms with Crippen molar-refractivity contribution in [3.05, 3.63) is 139 Å². The standard InChI is InChI=1S/C37H25N3O/c1-24-21-34-35(38-23-24)28-15-10-16-29(36(28)41-34)37-39-31-17-8-9-18-33(31)40(37)32-20-19-27(25-11-4-2-5-12-25)22-30(32)26-13-6-3-7-14-26/h2-23H,1H3. The minimum absolute atomic E-state index is 0.785. The number of rotatable bonds is 4. The minimum Gasteiger partial charge on any atom is -0.454 e. The number of hydrogen-bond acceptors (Lipinski definition) is 3. The number of pyridine rings is 1. The maximum absolute atomic E-state index is 6.48. The number of imidazole rings is 1. The van der Waals surface area contributed by atoms with Crippen LogP contribution in [0.3, 0.4) is 0 Å². The molecule has 0 radical (unpaired) electrons. The fourth-order valence-electron chi connectivity index (χ4n) is 5.78. The highest BCUT2D eigenvalue weighted by molar-refractivity contribution is 6.08. The van der Waals surface area contributed by atoms with Crippen LogP contribution in [0.5, 0.6) is 0 Å². The van der Waals surface area contributed by atoms with Crippen molar-refractivity contribution < 1.29 is 4.42 Å². The summed E-state index contributed by atoms with van der Waals surface area (Å²) >= 11 is 0. The molecule has 0 spiro atoms. The fraction of sp³-hybridized carbons (Fsp3) is 0.0270. The van der Waals surface area contributed by atoms with Gasteiger partial charge in [0.1, 0.15) is 16.9 Å². The van der Waals surface area contributed by atoms with Gasteiger partial charge in [-0.05, 0) is 71.6 Å². The SMILES string of the molecule is Cc1cnc2c(c1)oc1c(-c3nc4ccccc4n3-c3ccc(-c4ccccc4)cc3-c3ccccc3)cccc12. The van der Waals surface area contributed by atoms with Crippen LogP contribution in [0, 0.1) is 6.92 Å². The molecule has 0 aliphatic carbocycles. The lowest BCUT2D eigenvalue weighted by Gasteiger charge is -2.17. The van der Waals surface area contributed by atoms with Crippen molar-refractivity contribution in [1.82, 2.24) is 14.5 Å². The molecular formula is C37H25N3O. The van der Waals surface area contributed by atoms with Crippen LogP contribution in [0.15, 0.2) is 138 Å². The average Bonchev–Trinajstić information content (AvgIpc) is 3.59. The number of aromatic nitrogens is 3. The second kappa shape index (κ2) is 9.32. The van der Waals surface area contributed by atoms with Crippen LogP contribution in [-0.4, -0.2) is 14.5 Å². The fourth-order valence-corrected chi connectivity index (χ4v) is 5.78. The minimum atomic E-state index is 0.785. The van der Waals surface area contributed by atoms with Crippen molar-refractivity contribution in [2.45, 2.75) is 6.92 Å². The Morgan fingerprint density at radius 3 is 2.22 bits per heavy atom.